The monoisotopic (exact) mass is 295 g/mol. The number of piperidine rings is 1. The summed E-state index contributed by atoms with van der Waals surface area (Å²) in [5.74, 6) is -2.28. The number of nitrogens with zero attached hydrogens (tertiary/aromatic N) is 1. The lowest BCUT2D eigenvalue weighted by atomic mass is 10.1. The Labute approximate surface area is 110 Å². The number of nitrogens with two attached hydrogens (primary N) is 1. The van der Waals surface area contributed by atoms with Gasteiger partial charge in [0.15, 0.2) is 0 Å². The zero-order valence-electron chi connectivity index (χ0n) is 10.2. The summed E-state index contributed by atoms with van der Waals surface area (Å²) in [5.41, 5.74) is 4.79. The van der Waals surface area contributed by atoms with Crippen molar-refractivity contribution in [3.8, 4) is 0 Å². The van der Waals surface area contributed by atoms with Crippen LogP contribution in [0.25, 0.3) is 0 Å². The van der Waals surface area contributed by atoms with Gasteiger partial charge in [0.25, 0.3) is 10.2 Å². The minimum Gasteiger partial charge on any atom is -0.480 e. The van der Waals surface area contributed by atoms with E-state index in [1.165, 1.54) is 0 Å². The van der Waals surface area contributed by atoms with Crippen LogP contribution in [-0.2, 0) is 19.8 Å². The number of carboxylic acids is 1. The average Bonchev–Trinajstić information content (AvgIpc) is 2.35. The highest BCUT2D eigenvalue weighted by Gasteiger charge is 2.36. The van der Waals surface area contributed by atoms with Crippen molar-refractivity contribution >= 4 is 22.1 Å². The van der Waals surface area contributed by atoms with Crippen molar-refractivity contribution in [2.45, 2.75) is 31.4 Å². The van der Waals surface area contributed by atoms with Gasteiger partial charge < -0.3 is 15.9 Å². The van der Waals surface area contributed by atoms with Crippen molar-refractivity contribution in [1.82, 2.24) is 9.03 Å². The Balaban J connectivity index is 2.74. The van der Waals surface area contributed by atoms with Crippen molar-refractivity contribution in [3.05, 3.63) is 0 Å². The van der Waals surface area contributed by atoms with Gasteiger partial charge >= 0.3 is 5.97 Å². The molecular formula is C9H17N3O6S. The van der Waals surface area contributed by atoms with E-state index in [1.807, 2.05) is 4.72 Å². The summed E-state index contributed by atoms with van der Waals surface area (Å²) in [4.78, 5) is 21.6. The van der Waals surface area contributed by atoms with E-state index in [1.54, 1.807) is 0 Å². The third kappa shape index (κ3) is 4.13. The van der Waals surface area contributed by atoms with Crippen LogP contribution in [0.2, 0.25) is 0 Å². The van der Waals surface area contributed by atoms with Gasteiger partial charge in [0.2, 0.25) is 5.91 Å². The normalized spacial score (nSPS) is 22.9. The summed E-state index contributed by atoms with van der Waals surface area (Å²) >= 11 is 0. The fourth-order valence-electron chi connectivity index (χ4n) is 1.81. The van der Waals surface area contributed by atoms with Gasteiger partial charge in [0, 0.05) is 13.1 Å². The number of nitrogens with one attached hydrogen (secondary N) is 1. The predicted molar refractivity (Wildman–Crippen MR) is 64.1 cm³/mol. The first-order valence-corrected chi connectivity index (χ1v) is 7.16. The summed E-state index contributed by atoms with van der Waals surface area (Å²) in [5, 5.41) is 18.1. The smallest absolute Gasteiger partial charge is 0.322 e. The molecule has 9 nitrogen and oxygen atoms in total. The molecule has 1 aliphatic rings. The van der Waals surface area contributed by atoms with Crippen LogP contribution in [0.1, 0.15) is 19.3 Å². The quantitative estimate of drug-likeness (QED) is 0.429. The number of carbonyl (C=O) groups is 2. The number of primary amides is 1. The maximum absolute atomic E-state index is 11.9. The molecule has 0 aliphatic carbocycles. The Morgan fingerprint density at radius 2 is 2.05 bits per heavy atom. The molecule has 0 aromatic rings. The van der Waals surface area contributed by atoms with Crippen molar-refractivity contribution in [2.24, 2.45) is 5.73 Å². The third-order valence-corrected chi connectivity index (χ3v) is 4.42. The van der Waals surface area contributed by atoms with E-state index in [0.717, 1.165) is 4.31 Å². The van der Waals surface area contributed by atoms with Crippen LogP contribution in [-0.4, -0.2) is 60.0 Å². The number of rotatable bonds is 6. The summed E-state index contributed by atoms with van der Waals surface area (Å²) < 4.78 is 26.6. The molecule has 1 heterocycles. The van der Waals surface area contributed by atoms with Crippen molar-refractivity contribution in [3.63, 3.8) is 0 Å². The van der Waals surface area contributed by atoms with Crippen molar-refractivity contribution < 1.29 is 28.2 Å². The Kier molecular flexibility index (Phi) is 5.23. The summed E-state index contributed by atoms with van der Waals surface area (Å²) in [7, 11) is -4.07. The van der Waals surface area contributed by atoms with Crippen LogP contribution >= 0.6 is 0 Å². The second-order valence-corrected chi connectivity index (χ2v) is 5.94. The molecule has 1 saturated heterocycles. The molecule has 1 aliphatic heterocycles. The lowest BCUT2D eigenvalue weighted by molar-refractivity contribution is -0.142. The van der Waals surface area contributed by atoms with E-state index in [9.17, 15) is 18.0 Å². The Morgan fingerprint density at radius 1 is 1.42 bits per heavy atom. The second-order valence-electron chi connectivity index (χ2n) is 4.23. The molecule has 1 fully saturated rings. The largest absolute Gasteiger partial charge is 0.480 e. The molecule has 10 heteroatoms. The average molecular weight is 295 g/mol. The van der Waals surface area contributed by atoms with E-state index < -0.39 is 40.8 Å². The molecule has 0 bridgehead atoms. The maximum atomic E-state index is 11.9. The molecule has 5 N–H and O–H groups in total. The highest BCUT2D eigenvalue weighted by Crippen LogP contribution is 2.19. The number of aliphatic hydroxyl groups is 1. The first-order chi connectivity index (χ1) is 8.75. The number of carbonyl (C=O) groups excluding carboxylic acids is 1. The van der Waals surface area contributed by atoms with Gasteiger partial charge in [-0.05, 0) is 19.3 Å². The maximum Gasteiger partial charge on any atom is 0.322 e. The molecule has 1 rings (SSSR count). The van der Waals surface area contributed by atoms with E-state index in [0.29, 0.717) is 12.8 Å². The second kappa shape index (κ2) is 6.28. The lowest BCUT2D eigenvalue weighted by Crippen LogP contribution is -2.53. The van der Waals surface area contributed by atoms with Gasteiger partial charge in [0.1, 0.15) is 12.1 Å². The molecule has 2 unspecified atom stereocenters. The van der Waals surface area contributed by atoms with Gasteiger partial charge in [-0.3, -0.25) is 9.59 Å². The topological polar surface area (TPSA) is 150 Å². The zero-order chi connectivity index (χ0) is 14.6. The van der Waals surface area contributed by atoms with Gasteiger partial charge in [-0.1, -0.05) is 0 Å². The highest BCUT2D eigenvalue weighted by molar-refractivity contribution is 7.87. The number of hydrogen-bond acceptors (Lipinski definition) is 5. The summed E-state index contributed by atoms with van der Waals surface area (Å²) in [6.45, 7) is -0.501. The fourth-order valence-corrected chi connectivity index (χ4v) is 3.24. The molecule has 0 aromatic heterocycles. The number of aliphatic carboxylic acids is 1. The Hall–Kier alpha value is -1.23. The molecule has 2 atom stereocenters. The minimum atomic E-state index is -4.07. The Morgan fingerprint density at radius 3 is 2.58 bits per heavy atom. The van der Waals surface area contributed by atoms with Gasteiger partial charge in [-0.2, -0.15) is 17.4 Å². The number of carboxylic acid groups (broad SMARTS) is 1. The molecular weight excluding hydrogens is 278 g/mol. The molecule has 0 saturated carbocycles. The molecule has 0 radical (unpaired) electrons. The molecule has 19 heavy (non-hydrogen) atoms. The summed E-state index contributed by atoms with van der Waals surface area (Å²) in [6.07, 6.45) is -0.229. The summed E-state index contributed by atoms with van der Waals surface area (Å²) in [6, 6.07) is -1.13. The lowest BCUT2D eigenvalue weighted by Gasteiger charge is -2.31. The highest BCUT2D eigenvalue weighted by atomic mass is 32.2. The standard InChI is InChI=1S/C9H17N3O6S/c10-8(14)7(13)5-11-19(17,18)12-4-2-1-3-6(12)9(15)16/h6-7,11,13H,1-5H2,(H2,10,14)(H,15,16). The van der Waals surface area contributed by atoms with Crippen LogP contribution in [0.5, 0.6) is 0 Å². The van der Waals surface area contributed by atoms with E-state index in [4.69, 9.17) is 15.9 Å². The van der Waals surface area contributed by atoms with Crippen LogP contribution in [0, 0.1) is 0 Å². The Bertz CT molecular complexity index is 451. The van der Waals surface area contributed by atoms with Gasteiger partial charge in [0.05, 0.1) is 0 Å². The van der Waals surface area contributed by atoms with E-state index in [2.05, 4.69) is 0 Å². The van der Waals surface area contributed by atoms with Crippen LogP contribution < -0.4 is 10.5 Å². The number of amides is 1. The molecule has 0 spiro atoms. The molecule has 0 aromatic carbocycles. The molecule has 110 valence electrons. The van der Waals surface area contributed by atoms with Crippen LogP contribution in [0.3, 0.4) is 0 Å². The number of aliphatic hydroxyl groups excluding tert-OH is 1. The molecule has 1 amide bonds. The van der Waals surface area contributed by atoms with Crippen LogP contribution in [0.4, 0.5) is 0 Å². The van der Waals surface area contributed by atoms with E-state index >= 15 is 0 Å². The predicted octanol–water partition coefficient (Wildman–Crippen LogP) is -2.39. The van der Waals surface area contributed by atoms with Gasteiger partial charge in [-0.15, -0.1) is 0 Å². The first kappa shape index (κ1) is 15.8. The van der Waals surface area contributed by atoms with Crippen LogP contribution in [0.15, 0.2) is 0 Å². The zero-order valence-corrected chi connectivity index (χ0v) is 11.0. The third-order valence-electron chi connectivity index (χ3n) is 2.83. The van der Waals surface area contributed by atoms with Gasteiger partial charge in [-0.25, -0.2) is 0 Å². The SMILES string of the molecule is NC(=O)C(O)CNS(=O)(=O)N1CCCCC1C(=O)O. The van der Waals surface area contributed by atoms with Crippen molar-refractivity contribution in [2.75, 3.05) is 13.1 Å². The van der Waals surface area contributed by atoms with Crippen molar-refractivity contribution in [1.29, 1.82) is 0 Å². The fraction of sp³-hybridized carbons (Fsp3) is 0.778. The van der Waals surface area contributed by atoms with E-state index in [-0.39, 0.29) is 13.0 Å². The number of hydrogen-bond donors (Lipinski definition) is 4. The first-order valence-electron chi connectivity index (χ1n) is 5.72. The minimum absolute atomic E-state index is 0.0823.